The van der Waals surface area contributed by atoms with Gasteiger partial charge in [-0.2, -0.15) is 9.47 Å². The van der Waals surface area contributed by atoms with Gasteiger partial charge in [-0.15, -0.1) is 0 Å². The predicted molar refractivity (Wildman–Crippen MR) is 118 cm³/mol. The van der Waals surface area contributed by atoms with E-state index in [9.17, 15) is 4.39 Å². The lowest BCUT2D eigenvalue weighted by atomic mass is 10.1. The third-order valence-corrected chi connectivity index (χ3v) is 6.17. The van der Waals surface area contributed by atoms with Crippen molar-refractivity contribution in [3.63, 3.8) is 0 Å². The van der Waals surface area contributed by atoms with Crippen LogP contribution >= 0.6 is 11.5 Å². The lowest BCUT2D eigenvalue weighted by Crippen LogP contribution is -2.54. The molecule has 0 saturated carbocycles. The number of hydrogen-bond acceptors (Lipinski definition) is 6. The molecule has 3 heterocycles. The zero-order chi connectivity index (χ0) is 21.0. The number of hydrogen-bond donors (Lipinski definition) is 2. The lowest BCUT2D eigenvalue weighted by molar-refractivity contribution is 0.407. The molecule has 0 unspecified atom stereocenters. The highest BCUT2D eigenvalue weighted by Gasteiger charge is 2.23. The number of nitrogens with zero attached hydrogens (tertiary/aromatic N) is 4. The molecule has 2 aromatic carbocycles. The second-order valence-corrected chi connectivity index (χ2v) is 8.83. The molecule has 5 rings (SSSR count). The largest absolute Gasteiger partial charge is 0.368 e. The topological polar surface area (TPSA) is 58.0 Å². The van der Waals surface area contributed by atoms with Crippen molar-refractivity contribution in [3.05, 3.63) is 42.1 Å². The summed E-state index contributed by atoms with van der Waals surface area (Å²) in [5, 5.41) is 11.8. The maximum Gasteiger partial charge on any atom is 0.154 e. The van der Waals surface area contributed by atoms with Crippen molar-refractivity contribution >= 4 is 49.7 Å². The van der Waals surface area contributed by atoms with E-state index in [1.807, 2.05) is 6.07 Å². The monoisotopic (exact) mass is 428 g/mol. The average Bonchev–Trinajstić information content (AvgIpc) is 3.24. The summed E-state index contributed by atoms with van der Waals surface area (Å²) in [6, 6.07) is 7.36. The molecule has 2 N–H and O–H groups in total. The second kappa shape index (κ2) is 7.17. The Hall–Kier alpha value is -2.78. The quantitative estimate of drug-likeness (QED) is 0.507. The van der Waals surface area contributed by atoms with Gasteiger partial charge in [-0.05, 0) is 49.6 Å². The number of aryl methyl sites for hydroxylation is 1. The molecule has 0 bridgehead atoms. The first-order valence-electron chi connectivity index (χ1n) is 9.87. The predicted octanol–water partition coefficient (Wildman–Crippen LogP) is 4.39. The Morgan fingerprint density at radius 1 is 1.10 bits per heavy atom. The van der Waals surface area contributed by atoms with Crippen LogP contribution in [0.3, 0.4) is 0 Å². The normalized spacial score (nSPS) is 19.7. The summed E-state index contributed by atoms with van der Waals surface area (Å²) in [4.78, 5) is 2.20. The summed E-state index contributed by atoms with van der Waals surface area (Å²) in [5.41, 5.74) is 1.67. The van der Waals surface area contributed by atoms with E-state index in [-0.39, 0.29) is 5.82 Å². The van der Waals surface area contributed by atoms with E-state index in [1.165, 1.54) is 17.6 Å². The summed E-state index contributed by atoms with van der Waals surface area (Å²) < 4.78 is 36.2. The molecule has 4 aromatic rings. The number of halogens is 2. The van der Waals surface area contributed by atoms with Crippen molar-refractivity contribution in [2.75, 3.05) is 23.3 Å². The minimum absolute atomic E-state index is 0.307. The molecule has 156 valence electrons. The van der Waals surface area contributed by atoms with Crippen molar-refractivity contribution < 1.29 is 8.78 Å². The highest BCUT2D eigenvalue weighted by molar-refractivity contribution is 7.13. The van der Waals surface area contributed by atoms with Crippen LogP contribution in [0.5, 0.6) is 0 Å². The molecule has 1 aliphatic rings. The summed E-state index contributed by atoms with van der Waals surface area (Å²) in [6.07, 6.45) is 1.74. The Labute approximate surface area is 176 Å². The van der Waals surface area contributed by atoms with Gasteiger partial charge in [0, 0.05) is 55.2 Å². The zero-order valence-corrected chi connectivity index (χ0v) is 17.7. The van der Waals surface area contributed by atoms with Gasteiger partial charge in [0.1, 0.15) is 11.3 Å². The van der Waals surface area contributed by atoms with Gasteiger partial charge in [0.15, 0.2) is 11.6 Å². The summed E-state index contributed by atoms with van der Waals surface area (Å²) in [5.74, 6) is -0.371. The fourth-order valence-corrected chi connectivity index (χ4v) is 5.02. The van der Waals surface area contributed by atoms with E-state index in [0.717, 1.165) is 23.5 Å². The van der Waals surface area contributed by atoms with Crippen LogP contribution < -0.4 is 15.5 Å². The third kappa shape index (κ3) is 3.37. The number of fused-ring (bicyclic) bond motifs is 2. The summed E-state index contributed by atoms with van der Waals surface area (Å²) in [6.45, 7) is 5.90. The molecule has 6 nitrogen and oxygen atoms in total. The van der Waals surface area contributed by atoms with Crippen LogP contribution in [0.1, 0.15) is 13.8 Å². The molecule has 30 heavy (non-hydrogen) atoms. The van der Waals surface area contributed by atoms with Crippen molar-refractivity contribution in [2.45, 2.75) is 25.9 Å². The molecule has 1 fully saturated rings. The second-order valence-electron chi connectivity index (χ2n) is 8.03. The van der Waals surface area contributed by atoms with Crippen molar-refractivity contribution in [2.24, 2.45) is 7.05 Å². The lowest BCUT2D eigenvalue weighted by Gasteiger charge is -2.37. The van der Waals surface area contributed by atoms with E-state index in [4.69, 9.17) is 0 Å². The number of benzene rings is 2. The minimum Gasteiger partial charge on any atom is -0.368 e. The molecular weight excluding hydrogens is 406 g/mol. The van der Waals surface area contributed by atoms with E-state index in [0.29, 0.717) is 39.9 Å². The number of piperazine rings is 1. The Morgan fingerprint density at radius 2 is 1.87 bits per heavy atom. The molecule has 2 atom stereocenters. The molecule has 2 aromatic heterocycles. The fraction of sp³-hybridized carbons (Fsp3) is 0.333. The Morgan fingerprint density at radius 3 is 2.63 bits per heavy atom. The van der Waals surface area contributed by atoms with E-state index in [1.54, 1.807) is 30.1 Å². The summed E-state index contributed by atoms with van der Waals surface area (Å²) in [7, 11) is 1.74. The molecule has 9 heteroatoms. The highest BCUT2D eigenvalue weighted by atomic mass is 32.1. The number of anilines is 3. The maximum atomic E-state index is 15.1. The van der Waals surface area contributed by atoms with Gasteiger partial charge < -0.3 is 15.5 Å². The van der Waals surface area contributed by atoms with Gasteiger partial charge in [0.2, 0.25) is 0 Å². The van der Waals surface area contributed by atoms with Gasteiger partial charge >= 0.3 is 0 Å². The third-order valence-electron chi connectivity index (χ3n) is 5.37. The van der Waals surface area contributed by atoms with Crippen LogP contribution in [0.15, 0.2) is 30.5 Å². The highest BCUT2D eigenvalue weighted by Crippen LogP contribution is 2.36. The molecular formula is C21H22F2N6S. The van der Waals surface area contributed by atoms with Crippen molar-refractivity contribution in [3.8, 4) is 0 Å². The minimum atomic E-state index is -0.431. The fourth-order valence-electron chi connectivity index (χ4n) is 4.24. The Kier molecular flexibility index (Phi) is 4.59. The zero-order valence-electron chi connectivity index (χ0n) is 16.9. The van der Waals surface area contributed by atoms with Crippen molar-refractivity contribution in [1.29, 1.82) is 0 Å². The van der Waals surface area contributed by atoms with Crippen LogP contribution in [-0.4, -0.2) is 39.3 Å². The van der Waals surface area contributed by atoms with Gasteiger partial charge in [-0.25, -0.2) is 8.78 Å². The number of nitrogens with one attached hydrogen (secondary N) is 2. The van der Waals surface area contributed by atoms with Crippen LogP contribution in [0, 0.1) is 11.6 Å². The first-order valence-corrected chi connectivity index (χ1v) is 10.6. The van der Waals surface area contributed by atoms with E-state index in [2.05, 4.69) is 38.9 Å². The number of rotatable bonds is 3. The van der Waals surface area contributed by atoms with Crippen LogP contribution in [0.2, 0.25) is 0 Å². The van der Waals surface area contributed by atoms with Gasteiger partial charge in [-0.3, -0.25) is 4.68 Å². The van der Waals surface area contributed by atoms with Crippen LogP contribution in [0.25, 0.3) is 21.0 Å². The number of aromatic nitrogens is 3. The first-order chi connectivity index (χ1) is 14.4. The average molecular weight is 429 g/mol. The van der Waals surface area contributed by atoms with Crippen LogP contribution in [-0.2, 0) is 7.05 Å². The molecule has 0 aliphatic carbocycles. The van der Waals surface area contributed by atoms with Crippen LogP contribution in [0.4, 0.5) is 26.0 Å². The smallest absolute Gasteiger partial charge is 0.154 e. The Bertz CT molecular complexity index is 1240. The standard InChI is InChI=1S/C21H22F2N6S/c1-11-8-29(9-12(2)24-11)15-6-16(22)19-18(7-15)30-27-21(19)25-14-4-13-10-28(3)26-20(13)17(23)5-14/h4-7,10-12,24H,8-9H2,1-3H3,(H,25,27)/t11-,12-/m1/s1. The SMILES string of the molecule is C[C@@H]1CN(c2cc(F)c3c(Nc4cc(F)c5nn(C)cc5c4)nsc3c2)C[C@@H](C)N1. The van der Waals surface area contributed by atoms with Crippen molar-refractivity contribution in [1.82, 2.24) is 19.5 Å². The molecule has 0 amide bonds. The molecule has 1 saturated heterocycles. The van der Waals surface area contributed by atoms with E-state index < -0.39 is 5.82 Å². The maximum absolute atomic E-state index is 15.1. The molecule has 0 radical (unpaired) electrons. The van der Waals surface area contributed by atoms with Gasteiger partial charge in [0.25, 0.3) is 0 Å². The summed E-state index contributed by atoms with van der Waals surface area (Å²) >= 11 is 1.23. The van der Waals surface area contributed by atoms with E-state index >= 15 is 4.39 Å². The first kappa shape index (κ1) is 19.2. The Balaban J connectivity index is 1.49. The van der Waals surface area contributed by atoms with Gasteiger partial charge in [0.05, 0.1) is 10.1 Å². The molecule has 0 spiro atoms. The molecule has 1 aliphatic heterocycles. The van der Waals surface area contributed by atoms with Gasteiger partial charge in [-0.1, -0.05) is 0 Å².